The number of likely N-dealkylation sites (tertiary alicyclic amines) is 1. The van der Waals surface area contributed by atoms with Gasteiger partial charge in [0, 0.05) is 18.2 Å². The van der Waals surface area contributed by atoms with Gasteiger partial charge in [0.05, 0.1) is 30.0 Å². The third kappa shape index (κ3) is 4.87. The van der Waals surface area contributed by atoms with Crippen molar-refractivity contribution >= 4 is 28.7 Å². The first kappa shape index (κ1) is 22.3. The molecule has 0 spiro atoms. The van der Waals surface area contributed by atoms with E-state index < -0.39 is 0 Å². The molecule has 2 aliphatic rings. The zero-order valence-corrected chi connectivity index (χ0v) is 19.1. The zero-order valence-electron chi connectivity index (χ0n) is 19.1. The predicted octanol–water partition coefficient (Wildman–Crippen LogP) is 4.08. The number of halogens is 1. The standard InChI is InChI=1S/C26H27FN4O3/c1-33-25-7-5-21-26(30-25)19(20(27)15-28-21)10-13-31-11-8-17(9-12-31)2-3-18-4-6-23-22(14-18)29-24(32)16-34-23/h2-7,14-15,17H,8-13,16H2,1H3,(H,29,32)/b3-2-. The average molecular weight is 463 g/mol. The lowest BCUT2D eigenvalue weighted by molar-refractivity contribution is -0.118. The number of aromatic nitrogens is 2. The van der Waals surface area contributed by atoms with Gasteiger partial charge < -0.3 is 19.7 Å². The van der Waals surface area contributed by atoms with Crippen LogP contribution < -0.4 is 14.8 Å². The largest absolute Gasteiger partial charge is 0.482 e. The van der Waals surface area contributed by atoms with Crippen molar-refractivity contribution in [2.75, 3.05) is 38.7 Å². The number of carbonyl (C=O) groups excluding carboxylic acids is 1. The molecular formula is C26H27FN4O3. The van der Waals surface area contributed by atoms with Crippen LogP contribution in [0.1, 0.15) is 24.0 Å². The molecule has 8 heteroatoms. The number of nitrogens with one attached hydrogen (secondary N) is 1. The number of nitrogens with zero attached hydrogens (tertiary/aromatic N) is 3. The van der Waals surface area contributed by atoms with E-state index in [9.17, 15) is 9.18 Å². The molecule has 0 unspecified atom stereocenters. The number of carbonyl (C=O) groups is 1. The highest BCUT2D eigenvalue weighted by atomic mass is 19.1. The number of fused-ring (bicyclic) bond motifs is 2. The minimum Gasteiger partial charge on any atom is -0.482 e. The molecule has 0 atom stereocenters. The van der Waals surface area contributed by atoms with Crippen LogP contribution in [0, 0.1) is 11.7 Å². The Labute approximate surface area is 197 Å². The van der Waals surface area contributed by atoms with Crippen molar-refractivity contribution < 1.29 is 18.7 Å². The van der Waals surface area contributed by atoms with E-state index in [2.05, 4.69) is 32.3 Å². The molecule has 3 aromatic rings. The fraction of sp³-hybridized carbons (Fsp3) is 0.346. The van der Waals surface area contributed by atoms with Crippen LogP contribution in [0.3, 0.4) is 0 Å². The van der Waals surface area contributed by atoms with Gasteiger partial charge in [-0.2, -0.15) is 0 Å². The van der Waals surface area contributed by atoms with Crippen molar-refractivity contribution in [1.82, 2.24) is 14.9 Å². The maximum Gasteiger partial charge on any atom is 0.262 e. The smallest absolute Gasteiger partial charge is 0.262 e. The van der Waals surface area contributed by atoms with E-state index in [1.807, 2.05) is 24.3 Å². The highest BCUT2D eigenvalue weighted by molar-refractivity contribution is 5.95. The summed E-state index contributed by atoms with van der Waals surface area (Å²) in [6.45, 7) is 2.76. The molecule has 1 saturated heterocycles. The molecule has 1 N–H and O–H groups in total. The van der Waals surface area contributed by atoms with Gasteiger partial charge in [0.2, 0.25) is 5.88 Å². The van der Waals surface area contributed by atoms with Crippen LogP contribution in [0.2, 0.25) is 0 Å². The van der Waals surface area contributed by atoms with Crippen LogP contribution in [-0.2, 0) is 11.2 Å². The van der Waals surface area contributed by atoms with Gasteiger partial charge in [0.25, 0.3) is 5.91 Å². The summed E-state index contributed by atoms with van der Waals surface area (Å²) in [6, 6.07) is 9.38. The van der Waals surface area contributed by atoms with Crippen molar-refractivity contribution in [3.8, 4) is 11.6 Å². The van der Waals surface area contributed by atoms with E-state index in [4.69, 9.17) is 9.47 Å². The number of rotatable bonds is 6. The number of piperidine rings is 1. The first-order chi connectivity index (χ1) is 16.6. The summed E-state index contributed by atoms with van der Waals surface area (Å²) < 4.78 is 25.2. The molecule has 0 saturated carbocycles. The van der Waals surface area contributed by atoms with Crippen LogP contribution in [0.15, 0.2) is 42.6 Å². The number of ether oxygens (including phenoxy) is 2. The molecule has 0 aliphatic carbocycles. The van der Waals surface area contributed by atoms with Crippen molar-refractivity contribution in [2.45, 2.75) is 19.3 Å². The summed E-state index contributed by atoms with van der Waals surface area (Å²) >= 11 is 0. The number of methoxy groups -OCH3 is 1. The fourth-order valence-electron chi connectivity index (χ4n) is 4.52. The molecule has 4 heterocycles. The molecule has 5 rings (SSSR count). The highest BCUT2D eigenvalue weighted by Gasteiger charge is 2.19. The van der Waals surface area contributed by atoms with Gasteiger partial charge in [0.1, 0.15) is 11.6 Å². The van der Waals surface area contributed by atoms with E-state index in [1.54, 1.807) is 13.2 Å². The molecule has 7 nitrogen and oxygen atoms in total. The number of amides is 1. The van der Waals surface area contributed by atoms with E-state index in [-0.39, 0.29) is 18.3 Å². The Morgan fingerprint density at radius 3 is 2.94 bits per heavy atom. The second-order valence-electron chi connectivity index (χ2n) is 8.69. The molecule has 34 heavy (non-hydrogen) atoms. The third-order valence-corrected chi connectivity index (χ3v) is 6.46. The lowest BCUT2D eigenvalue weighted by Crippen LogP contribution is -2.34. The molecule has 2 aliphatic heterocycles. The van der Waals surface area contributed by atoms with E-state index >= 15 is 0 Å². The van der Waals surface area contributed by atoms with Crippen molar-refractivity contribution in [3.05, 3.63) is 59.5 Å². The Kier molecular flexibility index (Phi) is 6.40. The first-order valence-corrected chi connectivity index (χ1v) is 11.5. The van der Waals surface area contributed by atoms with E-state index in [0.717, 1.165) is 43.7 Å². The number of allylic oxidation sites excluding steroid dienone is 1. The SMILES string of the molecule is COc1ccc2ncc(F)c(CCN3CCC(/C=C\c4ccc5c(c4)NC(=O)CO5)CC3)c2n1. The van der Waals surface area contributed by atoms with Gasteiger partial charge in [-0.1, -0.05) is 18.2 Å². The van der Waals surface area contributed by atoms with Gasteiger partial charge in [-0.25, -0.2) is 9.37 Å². The number of hydrogen-bond donors (Lipinski definition) is 1. The monoisotopic (exact) mass is 462 g/mol. The molecular weight excluding hydrogens is 435 g/mol. The van der Waals surface area contributed by atoms with Crippen molar-refractivity contribution in [2.24, 2.45) is 5.92 Å². The number of pyridine rings is 2. The maximum atomic E-state index is 14.6. The molecule has 1 aromatic carbocycles. The molecule has 0 bridgehead atoms. The normalized spacial score (nSPS) is 16.9. The minimum absolute atomic E-state index is 0.0650. The lowest BCUT2D eigenvalue weighted by atomic mass is 9.95. The van der Waals surface area contributed by atoms with Gasteiger partial charge in [-0.05, 0) is 62.0 Å². The quantitative estimate of drug-likeness (QED) is 0.595. The van der Waals surface area contributed by atoms with Gasteiger partial charge in [-0.3, -0.25) is 9.78 Å². The summed E-state index contributed by atoms with van der Waals surface area (Å²) in [5.74, 6) is 1.20. The maximum absolute atomic E-state index is 14.6. The Morgan fingerprint density at radius 1 is 1.26 bits per heavy atom. The first-order valence-electron chi connectivity index (χ1n) is 11.5. The van der Waals surface area contributed by atoms with E-state index in [0.29, 0.717) is 40.6 Å². The second kappa shape index (κ2) is 9.77. The topological polar surface area (TPSA) is 76.6 Å². The number of anilines is 1. The highest BCUT2D eigenvalue weighted by Crippen LogP contribution is 2.29. The van der Waals surface area contributed by atoms with Gasteiger partial charge in [-0.15, -0.1) is 0 Å². The van der Waals surface area contributed by atoms with Crippen LogP contribution in [0.4, 0.5) is 10.1 Å². The van der Waals surface area contributed by atoms with Crippen LogP contribution in [0.25, 0.3) is 17.1 Å². The molecule has 0 radical (unpaired) electrons. The molecule has 176 valence electrons. The summed E-state index contributed by atoms with van der Waals surface area (Å²) in [6.07, 6.45) is 8.31. The molecule has 1 amide bonds. The third-order valence-electron chi connectivity index (χ3n) is 6.46. The average Bonchev–Trinajstić information content (AvgIpc) is 2.87. The molecule has 1 fully saturated rings. The van der Waals surface area contributed by atoms with Crippen LogP contribution in [-0.4, -0.2) is 54.1 Å². The van der Waals surface area contributed by atoms with Gasteiger partial charge >= 0.3 is 0 Å². The van der Waals surface area contributed by atoms with E-state index in [1.165, 1.54) is 6.20 Å². The Balaban J connectivity index is 1.17. The van der Waals surface area contributed by atoms with Crippen molar-refractivity contribution in [1.29, 1.82) is 0 Å². The summed E-state index contributed by atoms with van der Waals surface area (Å²) in [5.41, 5.74) is 3.60. The van der Waals surface area contributed by atoms with Gasteiger partial charge in [0.15, 0.2) is 6.61 Å². The van der Waals surface area contributed by atoms with Crippen molar-refractivity contribution in [3.63, 3.8) is 0 Å². The Bertz CT molecular complexity index is 1240. The summed E-state index contributed by atoms with van der Waals surface area (Å²) in [4.78, 5) is 22.5. The Hall–Kier alpha value is -3.52. The lowest BCUT2D eigenvalue weighted by Gasteiger charge is -2.30. The zero-order chi connectivity index (χ0) is 23.5. The van der Waals surface area contributed by atoms with Crippen LogP contribution in [0.5, 0.6) is 11.6 Å². The predicted molar refractivity (Wildman–Crippen MR) is 129 cm³/mol. The Morgan fingerprint density at radius 2 is 2.12 bits per heavy atom. The molecule has 2 aromatic heterocycles. The number of benzene rings is 1. The minimum atomic E-state index is -0.322. The summed E-state index contributed by atoms with van der Waals surface area (Å²) in [5, 5.41) is 2.85. The fourth-order valence-corrected chi connectivity index (χ4v) is 4.52. The second-order valence-corrected chi connectivity index (χ2v) is 8.69. The number of hydrogen-bond acceptors (Lipinski definition) is 6. The van der Waals surface area contributed by atoms with Crippen LogP contribution >= 0.6 is 0 Å². The summed E-state index contributed by atoms with van der Waals surface area (Å²) in [7, 11) is 1.55.